The third-order valence-corrected chi connectivity index (χ3v) is 4.37. The van der Waals surface area contributed by atoms with E-state index in [2.05, 4.69) is 24.3 Å². The van der Waals surface area contributed by atoms with Gasteiger partial charge in [-0.05, 0) is 63.6 Å². The normalized spacial score (nSPS) is 15.6. The summed E-state index contributed by atoms with van der Waals surface area (Å²) in [4.78, 5) is 1.99. The van der Waals surface area contributed by atoms with E-state index in [4.69, 9.17) is 9.47 Å². The van der Waals surface area contributed by atoms with Gasteiger partial charge in [-0.2, -0.15) is 0 Å². The van der Waals surface area contributed by atoms with Gasteiger partial charge in [0.15, 0.2) is 0 Å². The predicted octanol–water partition coefficient (Wildman–Crippen LogP) is 3.56. The molecule has 1 aliphatic carbocycles. The van der Waals surface area contributed by atoms with Crippen LogP contribution >= 0.6 is 0 Å². The van der Waals surface area contributed by atoms with Crippen LogP contribution in [-0.2, 0) is 11.2 Å². The molecule has 1 aromatic rings. The molecular formula is C21H31NO3. The van der Waals surface area contributed by atoms with Crippen LogP contribution in [0.15, 0.2) is 47.7 Å². The summed E-state index contributed by atoms with van der Waals surface area (Å²) in [5.74, 6) is 1.90. The Hall–Kier alpha value is -1.78. The number of allylic oxidation sites excluding steroid dienone is 3. The molecule has 4 nitrogen and oxygen atoms in total. The van der Waals surface area contributed by atoms with Crippen molar-refractivity contribution >= 4 is 0 Å². The minimum atomic E-state index is -0.353. The number of aliphatic hydroxyl groups is 1. The quantitative estimate of drug-likeness (QED) is 0.704. The summed E-state index contributed by atoms with van der Waals surface area (Å²) in [6.45, 7) is 1.19. The number of ether oxygens (including phenoxy) is 2. The first-order chi connectivity index (χ1) is 12.1. The Balaban J connectivity index is 1.86. The Kier molecular flexibility index (Phi) is 8.02. The number of benzene rings is 1. The molecule has 0 amide bonds. The van der Waals surface area contributed by atoms with Crippen molar-refractivity contribution in [1.29, 1.82) is 0 Å². The van der Waals surface area contributed by atoms with Gasteiger partial charge in [0.05, 0.1) is 19.8 Å². The van der Waals surface area contributed by atoms with Crippen LogP contribution in [0.2, 0.25) is 0 Å². The number of nitrogens with zero attached hydrogens (tertiary/aromatic N) is 1. The van der Waals surface area contributed by atoms with Crippen molar-refractivity contribution in [2.75, 3.05) is 34.4 Å². The van der Waals surface area contributed by atoms with Crippen LogP contribution in [0.25, 0.3) is 0 Å². The molecule has 0 radical (unpaired) electrons. The minimum Gasteiger partial charge on any atom is -0.497 e. The second kappa shape index (κ2) is 10.3. The van der Waals surface area contributed by atoms with Crippen LogP contribution in [0.3, 0.4) is 0 Å². The van der Waals surface area contributed by atoms with Crippen molar-refractivity contribution in [2.45, 2.75) is 38.2 Å². The van der Waals surface area contributed by atoms with Crippen molar-refractivity contribution in [2.24, 2.45) is 0 Å². The van der Waals surface area contributed by atoms with Gasteiger partial charge >= 0.3 is 0 Å². The van der Waals surface area contributed by atoms with Crippen LogP contribution in [-0.4, -0.2) is 50.5 Å². The Morgan fingerprint density at radius 2 is 2.00 bits per heavy atom. The van der Waals surface area contributed by atoms with E-state index in [1.165, 1.54) is 11.1 Å². The molecular weight excluding hydrogens is 314 g/mol. The van der Waals surface area contributed by atoms with Crippen LogP contribution in [0.4, 0.5) is 0 Å². The lowest BCUT2D eigenvalue weighted by Crippen LogP contribution is -2.27. The first-order valence-corrected chi connectivity index (χ1v) is 9.05. The van der Waals surface area contributed by atoms with Crippen molar-refractivity contribution < 1.29 is 14.6 Å². The number of rotatable bonds is 10. The molecule has 0 heterocycles. The van der Waals surface area contributed by atoms with Crippen LogP contribution in [0.1, 0.15) is 31.2 Å². The molecule has 138 valence electrons. The van der Waals surface area contributed by atoms with E-state index in [-0.39, 0.29) is 6.10 Å². The average molecular weight is 345 g/mol. The molecule has 4 heteroatoms. The van der Waals surface area contributed by atoms with Crippen molar-refractivity contribution in [3.63, 3.8) is 0 Å². The summed E-state index contributed by atoms with van der Waals surface area (Å²) in [6, 6.07) is 8.20. The van der Waals surface area contributed by atoms with Crippen LogP contribution in [0.5, 0.6) is 5.75 Å². The maximum atomic E-state index is 9.94. The van der Waals surface area contributed by atoms with Gasteiger partial charge in [-0.15, -0.1) is 0 Å². The third kappa shape index (κ3) is 6.92. The topological polar surface area (TPSA) is 41.9 Å². The zero-order chi connectivity index (χ0) is 18.1. The zero-order valence-corrected chi connectivity index (χ0v) is 15.7. The van der Waals surface area contributed by atoms with Crippen LogP contribution < -0.4 is 4.74 Å². The van der Waals surface area contributed by atoms with Gasteiger partial charge in [-0.3, -0.25) is 0 Å². The largest absolute Gasteiger partial charge is 0.497 e. The van der Waals surface area contributed by atoms with E-state index in [1.54, 1.807) is 7.11 Å². The number of methoxy groups -OCH3 is 1. The summed E-state index contributed by atoms with van der Waals surface area (Å²) in [5, 5.41) is 9.94. The molecule has 1 aliphatic rings. The number of hydrogen-bond acceptors (Lipinski definition) is 4. The Labute approximate surface area is 151 Å². The van der Waals surface area contributed by atoms with Crippen molar-refractivity contribution in [1.82, 2.24) is 4.90 Å². The zero-order valence-electron chi connectivity index (χ0n) is 15.7. The highest BCUT2D eigenvalue weighted by atomic mass is 16.5. The Morgan fingerprint density at radius 1 is 1.20 bits per heavy atom. The maximum absolute atomic E-state index is 9.94. The minimum absolute atomic E-state index is 0.353. The second-order valence-electron chi connectivity index (χ2n) is 6.81. The summed E-state index contributed by atoms with van der Waals surface area (Å²) in [7, 11) is 5.64. The molecule has 0 aliphatic heterocycles. The molecule has 0 saturated carbocycles. The second-order valence-corrected chi connectivity index (χ2v) is 6.81. The standard InChI is InChI=1S/C21H31NO3/c1-22(2)16-19(23)13-14-25-21-10-5-4-8-18(21)12-11-17-7-6-9-20(15-17)24-3/h4-5,8-10,15,19,23H,6-7,11-14,16H2,1-3H3. The summed E-state index contributed by atoms with van der Waals surface area (Å²) < 4.78 is 11.3. The molecule has 1 aromatic carbocycles. The fourth-order valence-electron chi connectivity index (χ4n) is 3.04. The molecule has 1 N–H and O–H groups in total. The highest BCUT2D eigenvalue weighted by molar-refractivity contribution is 5.34. The smallest absolute Gasteiger partial charge is 0.122 e. The van der Waals surface area contributed by atoms with Gasteiger partial charge in [0, 0.05) is 13.0 Å². The average Bonchev–Trinajstić information content (AvgIpc) is 2.60. The number of para-hydroxylation sites is 1. The van der Waals surface area contributed by atoms with E-state index >= 15 is 0 Å². The Bertz CT molecular complexity index is 593. The monoisotopic (exact) mass is 345 g/mol. The first-order valence-electron chi connectivity index (χ1n) is 9.05. The molecule has 1 atom stereocenters. The highest BCUT2D eigenvalue weighted by Gasteiger charge is 2.10. The molecule has 1 unspecified atom stereocenters. The van der Waals surface area contributed by atoms with Gasteiger partial charge < -0.3 is 19.5 Å². The molecule has 0 bridgehead atoms. The summed E-state index contributed by atoms with van der Waals surface area (Å²) in [5.41, 5.74) is 2.65. The van der Waals surface area contributed by atoms with Gasteiger partial charge in [-0.1, -0.05) is 23.8 Å². The predicted molar refractivity (Wildman–Crippen MR) is 102 cm³/mol. The van der Waals surface area contributed by atoms with E-state index < -0.39 is 0 Å². The van der Waals surface area contributed by atoms with Crippen molar-refractivity contribution in [3.8, 4) is 5.75 Å². The number of hydrogen-bond donors (Lipinski definition) is 1. The summed E-state index contributed by atoms with van der Waals surface area (Å²) in [6.07, 6.45) is 8.71. The maximum Gasteiger partial charge on any atom is 0.122 e. The molecule has 2 rings (SSSR count). The third-order valence-electron chi connectivity index (χ3n) is 4.37. The van der Waals surface area contributed by atoms with E-state index in [1.807, 2.05) is 31.1 Å². The van der Waals surface area contributed by atoms with Gasteiger partial charge in [0.1, 0.15) is 11.5 Å². The fourth-order valence-corrected chi connectivity index (χ4v) is 3.04. The van der Waals surface area contributed by atoms with Gasteiger partial charge in [0.25, 0.3) is 0 Å². The number of aliphatic hydroxyl groups excluding tert-OH is 1. The lowest BCUT2D eigenvalue weighted by atomic mass is 9.97. The molecule has 0 fully saturated rings. The summed E-state index contributed by atoms with van der Waals surface area (Å²) >= 11 is 0. The molecule has 0 aromatic heterocycles. The van der Waals surface area contributed by atoms with E-state index in [0.29, 0.717) is 19.6 Å². The molecule has 0 spiro atoms. The number of aryl methyl sites for hydroxylation is 1. The lowest BCUT2D eigenvalue weighted by Gasteiger charge is -2.17. The van der Waals surface area contributed by atoms with Gasteiger partial charge in [0.2, 0.25) is 0 Å². The highest BCUT2D eigenvalue weighted by Crippen LogP contribution is 2.25. The van der Waals surface area contributed by atoms with E-state index in [0.717, 1.165) is 37.2 Å². The first kappa shape index (κ1) is 19.5. The van der Waals surface area contributed by atoms with E-state index in [9.17, 15) is 5.11 Å². The molecule has 25 heavy (non-hydrogen) atoms. The molecule has 0 saturated heterocycles. The SMILES string of the molecule is COC1=CCCC(CCc2ccccc2OCCC(O)CN(C)C)=C1. The lowest BCUT2D eigenvalue weighted by molar-refractivity contribution is 0.110. The van der Waals surface area contributed by atoms with Crippen LogP contribution in [0, 0.1) is 0 Å². The Morgan fingerprint density at radius 3 is 2.76 bits per heavy atom. The van der Waals surface area contributed by atoms with Gasteiger partial charge in [-0.25, -0.2) is 0 Å². The number of likely N-dealkylation sites (N-methyl/N-ethyl adjacent to an activating group) is 1. The fraction of sp³-hybridized carbons (Fsp3) is 0.524. The van der Waals surface area contributed by atoms with Crippen molar-refractivity contribution in [3.05, 3.63) is 53.3 Å².